The van der Waals surface area contributed by atoms with Crippen molar-refractivity contribution in [1.82, 2.24) is 10.1 Å². The number of pyridine rings is 1. The van der Waals surface area contributed by atoms with E-state index in [1.54, 1.807) is 6.92 Å². The number of rotatable bonds is 9. The van der Waals surface area contributed by atoms with E-state index in [0.717, 1.165) is 5.56 Å². The molecule has 1 aromatic carbocycles. The molecule has 8 nitrogen and oxygen atoms in total. The van der Waals surface area contributed by atoms with Crippen molar-refractivity contribution >= 4 is 25.2 Å². The number of amides is 1. The molecule has 1 aromatic heterocycles. The summed E-state index contributed by atoms with van der Waals surface area (Å²) >= 11 is 0. The Hall–Kier alpha value is -2.54. The maximum atomic E-state index is 12.7. The predicted octanol–water partition coefficient (Wildman–Crippen LogP) is 2.51. The first kappa shape index (κ1) is 20.8. The lowest BCUT2D eigenvalue weighted by atomic mass is 10.1. The van der Waals surface area contributed by atoms with Gasteiger partial charge in [-0.3, -0.25) is 9.36 Å². The minimum atomic E-state index is -3.69. The molecule has 0 fully saturated rings. The van der Waals surface area contributed by atoms with E-state index in [2.05, 4.69) is 15.4 Å². The minimum Gasteiger partial charge on any atom is -0.478 e. The van der Waals surface area contributed by atoms with Gasteiger partial charge in [0.1, 0.15) is 5.82 Å². The second-order valence-electron chi connectivity index (χ2n) is 6.02. The molecule has 1 heterocycles. The lowest BCUT2D eigenvalue weighted by Crippen LogP contribution is -2.41. The Bertz CT molecular complexity index is 844. The maximum absolute atomic E-state index is 12.7. The van der Waals surface area contributed by atoms with Crippen molar-refractivity contribution in [2.45, 2.75) is 25.8 Å². The van der Waals surface area contributed by atoms with Crippen LogP contribution in [0.1, 0.15) is 29.3 Å². The first-order chi connectivity index (χ1) is 12.8. The van der Waals surface area contributed by atoms with Gasteiger partial charge in [0.05, 0.1) is 11.6 Å². The Morgan fingerprint density at radius 3 is 2.56 bits per heavy atom. The lowest BCUT2D eigenvalue weighted by Gasteiger charge is -2.22. The van der Waals surface area contributed by atoms with Crippen LogP contribution in [0.2, 0.25) is 0 Å². The van der Waals surface area contributed by atoms with E-state index in [-0.39, 0.29) is 24.0 Å². The van der Waals surface area contributed by atoms with Crippen LogP contribution in [0.4, 0.5) is 5.82 Å². The highest BCUT2D eigenvalue weighted by Crippen LogP contribution is 2.37. The zero-order valence-corrected chi connectivity index (χ0v) is 15.7. The molecule has 9 heteroatoms. The maximum Gasteiger partial charge on any atom is 0.335 e. The van der Waals surface area contributed by atoms with E-state index in [1.165, 1.54) is 18.3 Å². The first-order valence-electron chi connectivity index (χ1n) is 8.44. The SMILES string of the molecule is CCCP(=O)(O)NC(Cc1ccccc1)C(=O)Nc1cc(C(=O)O)ccn1. The van der Waals surface area contributed by atoms with Crippen molar-refractivity contribution < 1.29 is 24.2 Å². The molecule has 144 valence electrons. The molecule has 27 heavy (non-hydrogen) atoms. The van der Waals surface area contributed by atoms with Crippen LogP contribution in [-0.2, 0) is 15.8 Å². The standard InChI is InChI=1S/C18H22N3O5P/c1-2-10-27(25,26)21-15(11-13-6-4-3-5-7-13)17(22)20-16-12-14(18(23)24)8-9-19-16/h3-9,12,15H,2,10-11H2,1H3,(H,23,24)(H,19,20,22)(H2,21,25,26). The molecule has 0 saturated carbocycles. The van der Waals surface area contributed by atoms with Gasteiger partial charge in [-0.05, 0) is 30.5 Å². The van der Waals surface area contributed by atoms with Crippen LogP contribution in [0.3, 0.4) is 0 Å². The van der Waals surface area contributed by atoms with Crippen molar-refractivity contribution in [2.75, 3.05) is 11.5 Å². The molecular weight excluding hydrogens is 369 g/mol. The molecule has 0 aliphatic heterocycles. The number of nitrogens with one attached hydrogen (secondary N) is 2. The number of aromatic carboxylic acids is 1. The fourth-order valence-corrected chi connectivity index (χ4v) is 3.93. The van der Waals surface area contributed by atoms with Gasteiger partial charge in [-0.2, -0.15) is 0 Å². The molecular formula is C18H22N3O5P. The number of hydrogen-bond acceptors (Lipinski definition) is 4. The van der Waals surface area contributed by atoms with Gasteiger partial charge in [0.25, 0.3) is 7.52 Å². The summed E-state index contributed by atoms with van der Waals surface area (Å²) in [6.45, 7) is 1.78. The second kappa shape index (κ2) is 9.41. The average Bonchev–Trinajstić information content (AvgIpc) is 2.62. The van der Waals surface area contributed by atoms with Gasteiger partial charge in [0.2, 0.25) is 5.91 Å². The molecule has 2 atom stereocenters. The molecule has 2 unspecified atom stereocenters. The Balaban J connectivity index is 2.20. The third kappa shape index (κ3) is 6.60. The van der Waals surface area contributed by atoms with Crippen molar-refractivity contribution in [3.8, 4) is 0 Å². The number of aromatic nitrogens is 1. The van der Waals surface area contributed by atoms with Crippen molar-refractivity contribution in [3.05, 3.63) is 59.8 Å². The van der Waals surface area contributed by atoms with E-state index < -0.39 is 25.4 Å². The molecule has 0 spiro atoms. The monoisotopic (exact) mass is 391 g/mol. The van der Waals surface area contributed by atoms with Gasteiger partial charge in [-0.1, -0.05) is 37.3 Å². The van der Waals surface area contributed by atoms with Crippen LogP contribution in [0.15, 0.2) is 48.7 Å². The van der Waals surface area contributed by atoms with Crippen molar-refractivity contribution in [2.24, 2.45) is 0 Å². The number of nitrogens with zero attached hydrogens (tertiary/aromatic N) is 1. The summed E-state index contributed by atoms with van der Waals surface area (Å²) in [5.41, 5.74) is 0.792. The Kier molecular flexibility index (Phi) is 7.24. The molecule has 4 N–H and O–H groups in total. The second-order valence-corrected chi connectivity index (χ2v) is 8.13. The fraction of sp³-hybridized carbons (Fsp3) is 0.278. The highest BCUT2D eigenvalue weighted by Gasteiger charge is 2.28. The molecule has 0 bridgehead atoms. The number of carboxylic acids is 1. The van der Waals surface area contributed by atoms with Crippen molar-refractivity contribution in [3.63, 3.8) is 0 Å². The number of anilines is 1. The lowest BCUT2D eigenvalue weighted by molar-refractivity contribution is -0.117. The Labute approximate surface area is 157 Å². The summed E-state index contributed by atoms with van der Waals surface area (Å²) in [5.74, 6) is -1.66. The van der Waals surface area contributed by atoms with Gasteiger partial charge in [-0.15, -0.1) is 0 Å². The molecule has 2 rings (SSSR count). The number of benzene rings is 1. The van der Waals surface area contributed by atoms with E-state index in [1.807, 2.05) is 30.3 Å². The van der Waals surface area contributed by atoms with E-state index in [9.17, 15) is 19.0 Å². The largest absolute Gasteiger partial charge is 0.478 e. The molecule has 2 aromatic rings. The topological polar surface area (TPSA) is 129 Å². The number of carbonyl (C=O) groups is 2. The number of carboxylic acid groups (broad SMARTS) is 1. The van der Waals surface area contributed by atoms with E-state index >= 15 is 0 Å². The van der Waals surface area contributed by atoms with Crippen LogP contribution in [0, 0.1) is 0 Å². The minimum absolute atomic E-state index is 0.0216. The van der Waals surface area contributed by atoms with Crippen LogP contribution in [-0.4, -0.2) is 39.1 Å². The molecule has 0 saturated heterocycles. The Morgan fingerprint density at radius 2 is 1.93 bits per heavy atom. The van der Waals surface area contributed by atoms with Crippen molar-refractivity contribution in [1.29, 1.82) is 0 Å². The summed E-state index contributed by atoms with van der Waals surface area (Å²) < 4.78 is 12.3. The summed E-state index contributed by atoms with van der Waals surface area (Å²) in [7, 11) is -3.69. The predicted molar refractivity (Wildman–Crippen MR) is 102 cm³/mol. The summed E-state index contributed by atoms with van der Waals surface area (Å²) in [4.78, 5) is 37.7. The summed E-state index contributed by atoms with van der Waals surface area (Å²) in [6, 6.07) is 10.6. The fourth-order valence-electron chi connectivity index (χ4n) is 2.50. The van der Waals surface area contributed by atoms with Gasteiger partial charge in [-0.25, -0.2) is 14.9 Å². The van der Waals surface area contributed by atoms with Crippen LogP contribution in [0.25, 0.3) is 0 Å². The Morgan fingerprint density at radius 1 is 1.22 bits per heavy atom. The van der Waals surface area contributed by atoms with E-state index in [4.69, 9.17) is 5.11 Å². The quantitative estimate of drug-likeness (QED) is 0.484. The first-order valence-corrected chi connectivity index (χ1v) is 10.3. The zero-order chi connectivity index (χ0) is 19.9. The van der Waals surface area contributed by atoms with E-state index in [0.29, 0.717) is 6.42 Å². The third-order valence-electron chi connectivity index (χ3n) is 3.74. The van der Waals surface area contributed by atoms with Crippen LogP contribution < -0.4 is 10.4 Å². The average molecular weight is 391 g/mol. The highest BCUT2D eigenvalue weighted by atomic mass is 31.2. The molecule has 1 amide bonds. The van der Waals surface area contributed by atoms with Gasteiger partial charge >= 0.3 is 5.97 Å². The van der Waals surface area contributed by atoms with Crippen LogP contribution in [0.5, 0.6) is 0 Å². The molecule has 0 aliphatic carbocycles. The number of hydrogen-bond donors (Lipinski definition) is 4. The van der Waals surface area contributed by atoms with Gasteiger partial charge in [0, 0.05) is 12.4 Å². The number of carbonyl (C=O) groups excluding carboxylic acids is 1. The van der Waals surface area contributed by atoms with Gasteiger partial charge < -0.3 is 15.3 Å². The summed E-state index contributed by atoms with van der Waals surface area (Å²) in [5, 5.41) is 14.1. The van der Waals surface area contributed by atoms with Crippen LogP contribution >= 0.6 is 7.52 Å². The zero-order valence-electron chi connectivity index (χ0n) is 14.8. The third-order valence-corrected chi connectivity index (χ3v) is 5.51. The molecule has 0 radical (unpaired) electrons. The molecule has 0 aliphatic rings. The normalized spacial score (nSPS) is 14.1. The van der Waals surface area contributed by atoms with Gasteiger partial charge in [0.15, 0.2) is 0 Å². The summed E-state index contributed by atoms with van der Waals surface area (Å²) in [6.07, 6.45) is 1.99. The smallest absolute Gasteiger partial charge is 0.335 e. The highest BCUT2D eigenvalue weighted by molar-refractivity contribution is 7.55.